The molecule has 0 radical (unpaired) electrons. The van der Waals surface area contributed by atoms with E-state index in [1.165, 1.54) is 24.4 Å². The number of nitrogens with zero attached hydrogens (tertiary/aromatic N) is 4. The van der Waals surface area contributed by atoms with Gasteiger partial charge < -0.3 is 15.0 Å². The molecule has 0 unspecified atom stereocenters. The zero-order valence-electron chi connectivity index (χ0n) is 15.2. The van der Waals surface area contributed by atoms with Gasteiger partial charge in [-0.1, -0.05) is 0 Å². The molecule has 0 saturated heterocycles. The van der Waals surface area contributed by atoms with Crippen LogP contribution in [0.5, 0.6) is 5.88 Å². The van der Waals surface area contributed by atoms with E-state index in [2.05, 4.69) is 38.7 Å². The van der Waals surface area contributed by atoms with Gasteiger partial charge in [0.15, 0.2) is 0 Å². The Kier molecular flexibility index (Phi) is 5.06. The number of fused-ring (bicyclic) bond motifs is 1. The zero-order valence-corrected chi connectivity index (χ0v) is 16.9. The number of nitrogens with one attached hydrogen (secondary N) is 1. The van der Waals surface area contributed by atoms with Gasteiger partial charge in [-0.25, -0.2) is 4.98 Å². The standard InChI is InChI=1S/C18H23N5OS2/c1-11-10-15(26-22-11)20-18-19-14-8-9-25-16(14)17(21-18)24-13-6-4-12(5-7-13)23(2)3/h8-10,12-13H,4-7H2,1-3H3,(H,19,20,21). The maximum absolute atomic E-state index is 6.33. The molecule has 1 aliphatic carbocycles. The average molecular weight is 390 g/mol. The maximum Gasteiger partial charge on any atom is 0.236 e. The first-order valence-corrected chi connectivity index (χ1v) is 10.5. The van der Waals surface area contributed by atoms with E-state index in [1.54, 1.807) is 11.3 Å². The second kappa shape index (κ2) is 7.46. The number of hydrogen-bond donors (Lipinski definition) is 1. The van der Waals surface area contributed by atoms with E-state index in [9.17, 15) is 0 Å². The molecule has 26 heavy (non-hydrogen) atoms. The molecule has 1 fully saturated rings. The van der Waals surface area contributed by atoms with E-state index in [-0.39, 0.29) is 6.10 Å². The molecule has 138 valence electrons. The molecular weight excluding hydrogens is 366 g/mol. The largest absolute Gasteiger partial charge is 0.473 e. The molecule has 3 aromatic rings. The Morgan fingerprint density at radius 3 is 2.69 bits per heavy atom. The minimum absolute atomic E-state index is 0.227. The minimum atomic E-state index is 0.227. The molecule has 4 rings (SSSR count). The van der Waals surface area contributed by atoms with E-state index < -0.39 is 0 Å². The van der Waals surface area contributed by atoms with E-state index in [4.69, 9.17) is 4.74 Å². The molecule has 3 aromatic heterocycles. The zero-order chi connectivity index (χ0) is 18.1. The number of ether oxygens (including phenoxy) is 1. The molecule has 0 atom stereocenters. The Balaban J connectivity index is 1.53. The summed E-state index contributed by atoms with van der Waals surface area (Å²) in [6.07, 6.45) is 4.70. The van der Waals surface area contributed by atoms with Gasteiger partial charge in [-0.3, -0.25) is 0 Å². The molecule has 0 aliphatic heterocycles. The van der Waals surface area contributed by atoms with Gasteiger partial charge in [0.2, 0.25) is 11.8 Å². The molecule has 8 heteroatoms. The summed E-state index contributed by atoms with van der Waals surface area (Å²) in [6.45, 7) is 1.98. The van der Waals surface area contributed by atoms with Gasteiger partial charge in [0.25, 0.3) is 0 Å². The fourth-order valence-corrected chi connectivity index (χ4v) is 4.76. The Morgan fingerprint density at radius 2 is 2.00 bits per heavy atom. The van der Waals surface area contributed by atoms with E-state index in [1.807, 2.05) is 24.4 Å². The quantitative estimate of drug-likeness (QED) is 0.695. The van der Waals surface area contributed by atoms with Crippen LogP contribution >= 0.6 is 22.9 Å². The summed E-state index contributed by atoms with van der Waals surface area (Å²) in [6, 6.07) is 4.67. The molecule has 6 nitrogen and oxygen atoms in total. The lowest BCUT2D eigenvalue weighted by Gasteiger charge is -2.32. The Labute approximate surface area is 161 Å². The lowest BCUT2D eigenvalue weighted by atomic mass is 9.92. The topological polar surface area (TPSA) is 63.2 Å². The normalized spacial score (nSPS) is 20.6. The smallest absolute Gasteiger partial charge is 0.236 e. The Morgan fingerprint density at radius 1 is 1.19 bits per heavy atom. The van der Waals surface area contributed by atoms with Crippen molar-refractivity contribution in [2.45, 2.75) is 44.8 Å². The van der Waals surface area contributed by atoms with Crippen LogP contribution in [0.2, 0.25) is 0 Å². The van der Waals surface area contributed by atoms with E-state index >= 15 is 0 Å². The fourth-order valence-electron chi connectivity index (χ4n) is 3.34. The van der Waals surface area contributed by atoms with Crippen LogP contribution in [0, 0.1) is 6.92 Å². The summed E-state index contributed by atoms with van der Waals surface area (Å²) in [7, 11) is 4.31. The van der Waals surface area contributed by atoms with E-state index in [0.29, 0.717) is 17.9 Å². The highest BCUT2D eigenvalue weighted by atomic mass is 32.1. The highest BCUT2D eigenvalue weighted by molar-refractivity contribution is 7.17. The number of aryl methyl sites for hydroxylation is 1. The van der Waals surface area contributed by atoms with Crippen molar-refractivity contribution in [1.29, 1.82) is 0 Å². The Hall–Kier alpha value is -1.77. The molecule has 0 amide bonds. The summed E-state index contributed by atoms with van der Waals surface area (Å²) >= 11 is 3.04. The molecule has 3 heterocycles. The van der Waals surface area contributed by atoms with Gasteiger partial charge in [0.1, 0.15) is 15.8 Å². The van der Waals surface area contributed by atoms with E-state index in [0.717, 1.165) is 33.8 Å². The molecule has 0 aromatic carbocycles. The summed E-state index contributed by atoms with van der Waals surface area (Å²) in [5.41, 5.74) is 1.91. The van der Waals surface area contributed by atoms with Gasteiger partial charge >= 0.3 is 0 Å². The van der Waals surface area contributed by atoms with Gasteiger partial charge in [-0.05, 0) is 75.7 Å². The van der Waals surface area contributed by atoms with Crippen molar-refractivity contribution in [2.75, 3.05) is 19.4 Å². The van der Waals surface area contributed by atoms with Crippen LogP contribution < -0.4 is 10.1 Å². The second-order valence-corrected chi connectivity index (χ2v) is 8.68. The predicted octanol–water partition coefficient (Wildman–Crippen LogP) is 4.45. The van der Waals surface area contributed by atoms with Gasteiger partial charge in [0, 0.05) is 6.04 Å². The van der Waals surface area contributed by atoms with Crippen LogP contribution in [-0.4, -0.2) is 45.5 Å². The monoisotopic (exact) mass is 389 g/mol. The minimum Gasteiger partial charge on any atom is -0.473 e. The van der Waals surface area contributed by atoms with Gasteiger partial charge in [0.05, 0.1) is 11.2 Å². The first-order valence-electron chi connectivity index (χ1n) is 8.87. The van der Waals surface area contributed by atoms with Crippen molar-refractivity contribution < 1.29 is 4.74 Å². The lowest BCUT2D eigenvalue weighted by molar-refractivity contribution is 0.109. The summed E-state index contributed by atoms with van der Waals surface area (Å²) in [5, 5.41) is 6.23. The molecular formula is C18H23N5OS2. The van der Waals surface area contributed by atoms with Crippen molar-refractivity contribution in [2.24, 2.45) is 0 Å². The van der Waals surface area contributed by atoms with Crippen molar-refractivity contribution >= 4 is 44.0 Å². The predicted molar refractivity (Wildman–Crippen MR) is 108 cm³/mol. The van der Waals surface area contributed by atoms with Crippen molar-refractivity contribution in [3.8, 4) is 5.88 Å². The molecule has 1 saturated carbocycles. The molecule has 1 aliphatic rings. The summed E-state index contributed by atoms with van der Waals surface area (Å²) in [5.74, 6) is 1.26. The first kappa shape index (κ1) is 17.6. The van der Waals surface area contributed by atoms with Crippen LogP contribution in [0.15, 0.2) is 17.5 Å². The van der Waals surface area contributed by atoms with Gasteiger partial charge in [-0.15, -0.1) is 11.3 Å². The van der Waals surface area contributed by atoms with Crippen molar-refractivity contribution in [3.63, 3.8) is 0 Å². The van der Waals surface area contributed by atoms with Crippen molar-refractivity contribution in [3.05, 3.63) is 23.2 Å². The third-order valence-corrected chi connectivity index (χ3v) is 6.48. The van der Waals surface area contributed by atoms with Gasteiger partial charge in [-0.2, -0.15) is 9.36 Å². The highest BCUT2D eigenvalue weighted by Crippen LogP contribution is 2.33. The Bertz CT molecular complexity index is 883. The SMILES string of the molecule is Cc1cc(Nc2nc(OC3CCC(N(C)C)CC3)c3sccc3n2)sn1. The lowest BCUT2D eigenvalue weighted by Crippen LogP contribution is -2.35. The number of thiophene rings is 1. The number of hydrogen-bond acceptors (Lipinski definition) is 8. The van der Waals surface area contributed by atoms with Crippen LogP contribution in [0.25, 0.3) is 10.2 Å². The third-order valence-electron chi connectivity index (χ3n) is 4.79. The maximum atomic E-state index is 6.33. The molecule has 0 bridgehead atoms. The third kappa shape index (κ3) is 3.82. The number of rotatable bonds is 5. The summed E-state index contributed by atoms with van der Waals surface area (Å²) in [4.78, 5) is 11.6. The second-order valence-electron chi connectivity index (χ2n) is 6.96. The molecule has 0 spiro atoms. The van der Waals surface area contributed by atoms with Crippen LogP contribution in [0.3, 0.4) is 0 Å². The number of anilines is 2. The fraction of sp³-hybridized carbons (Fsp3) is 0.500. The van der Waals surface area contributed by atoms with Crippen LogP contribution in [-0.2, 0) is 0 Å². The summed E-state index contributed by atoms with van der Waals surface area (Å²) < 4.78 is 11.6. The van der Waals surface area contributed by atoms with Crippen molar-refractivity contribution in [1.82, 2.24) is 19.2 Å². The van der Waals surface area contributed by atoms with Crippen LogP contribution in [0.1, 0.15) is 31.4 Å². The average Bonchev–Trinajstić information content (AvgIpc) is 3.24. The molecule has 1 N–H and O–H groups in total. The number of aromatic nitrogens is 3. The first-order chi connectivity index (χ1) is 12.6. The van der Waals surface area contributed by atoms with Crippen LogP contribution in [0.4, 0.5) is 10.9 Å². The highest BCUT2D eigenvalue weighted by Gasteiger charge is 2.25.